The first-order valence-corrected chi connectivity index (χ1v) is 20.6. The van der Waals surface area contributed by atoms with Crippen LogP contribution in [0.15, 0.2) is 85.1 Å². The maximum Gasteiger partial charge on any atom is 0.373 e. The molecule has 2 aromatic carbocycles. The van der Waals surface area contributed by atoms with Gasteiger partial charge in [-0.3, -0.25) is 0 Å². The Labute approximate surface area is 376 Å². The molecular weight excluding hydrogens is 931 g/mol. The van der Waals surface area contributed by atoms with Gasteiger partial charge >= 0.3 is 30.1 Å². The van der Waals surface area contributed by atoms with Gasteiger partial charge in [-0.25, -0.2) is 37.1 Å². The molecule has 0 atom stereocenters. The SMILES string of the molecule is COOSc1cnn(-c2cccc(C(=O)O)c2)c1N=Nc1c(C)nn(-c2nc(O)nc(-n3nc(C)c(N=Nc4c(S(C)(=O)=O)cnn4-c4cc(C(=O)O)cc(C(=O)O)c4)c3N)n2)c1N.O=C=O. The molecule has 344 valence electrons. The highest BCUT2D eigenvalue weighted by Crippen LogP contribution is 2.37. The number of hydrogen-bond donors (Lipinski definition) is 6. The monoisotopic (exact) mass is 959 g/mol. The number of anilines is 2. The maximum absolute atomic E-state index is 12.8. The number of aromatic hydroxyl groups is 1. The summed E-state index contributed by atoms with van der Waals surface area (Å²) < 4.78 is 34.7. The molecule has 7 rings (SSSR count). The number of azo groups is 2. The molecule has 0 aliphatic carbocycles. The molecule has 7 aromatic rings. The Bertz CT molecular complexity index is 3280. The second-order valence-corrected chi connectivity index (χ2v) is 15.7. The lowest BCUT2D eigenvalue weighted by molar-refractivity contribution is -0.191. The second-order valence-electron chi connectivity index (χ2n) is 13.0. The molecule has 0 spiro atoms. The molecule has 32 heteroatoms. The number of sulfone groups is 1. The van der Waals surface area contributed by atoms with Gasteiger partial charge in [-0.2, -0.15) is 58.6 Å². The van der Waals surface area contributed by atoms with Crippen molar-refractivity contribution in [2.24, 2.45) is 20.5 Å². The number of hydrogen-bond acceptors (Lipinski definition) is 24. The van der Waals surface area contributed by atoms with Crippen molar-refractivity contribution >= 4 is 80.6 Å². The van der Waals surface area contributed by atoms with E-state index in [1.54, 1.807) is 13.0 Å². The van der Waals surface area contributed by atoms with E-state index in [0.717, 1.165) is 56.7 Å². The smallest absolute Gasteiger partial charge is 0.373 e. The summed E-state index contributed by atoms with van der Waals surface area (Å²) in [7, 11) is -2.77. The Balaban J connectivity index is 0.00000240. The summed E-state index contributed by atoms with van der Waals surface area (Å²) in [5.74, 6) is -5.60. The second kappa shape index (κ2) is 19.3. The average molecular weight is 960 g/mol. The van der Waals surface area contributed by atoms with Crippen molar-refractivity contribution in [3.8, 4) is 29.3 Å². The van der Waals surface area contributed by atoms with Crippen molar-refractivity contribution in [3.05, 3.63) is 82.9 Å². The molecule has 0 fully saturated rings. The number of nitrogens with two attached hydrogens (primary N) is 2. The molecule has 30 nitrogen and oxygen atoms in total. The Kier molecular flexibility index (Phi) is 13.7. The highest BCUT2D eigenvalue weighted by molar-refractivity contribution is 7.94. The number of aromatic carboxylic acids is 3. The summed E-state index contributed by atoms with van der Waals surface area (Å²) in [6.45, 7) is 3.00. The number of rotatable bonds is 15. The van der Waals surface area contributed by atoms with Gasteiger partial charge in [0.1, 0.15) is 9.79 Å². The summed E-state index contributed by atoms with van der Waals surface area (Å²) in [5, 5.41) is 73.1. The lowest BCUT2D eigenvalue weighted by atomic mass is 10.1. The number of carboxylic acids is 3. The Morgan fingerprint density at radius 1 is 0.716 bits per heavy atom. The number of aryl methyl sites for hydroxylation is 2. The van der Waals surface area contributed by atoms with Crippen molar-refractivity contribution < 1.29 is 62.0 Å². The zero-order chi connectivity index (χ0) is 48.9. The van der Waals surface area contributed by atoms with E-state index in [1.165, 1.54) is 43.1 Å². The van der Waals surface area contributed by atoms with E-state index in [-0.39, 0.29) is 69.5 Å². The van der Waals surface area contributed by atoms with E-state index in [1.807, 2.05) is 0 Å². The predicted molar refractivity (Wildman–Crippen MR) is 222 cm³/mol. The van der Waals surface area contributed by atoms with Gasteiger partial charge in [0.25, 0.3) is 11.9 Å². The summed E-state index contributed by atoms with van der Waals surface area (Å²) in [6.07, 6.45) is 3.43. The van der Waals surface area contributed by atoms with Crippen molar-refractivity contribution in [1.29, 1.82) is 0 Å². The number of aromatic nitrogens is 11. The van der Waals surface area contributed by atoms with Gasteiger partial charge in [0.15, 0.2) is 44.5 Å². The molecule has 0 saturated carbocycles. The molecule has 0 unspecified atom stereocenters. The van der Waals surface area contributed by atoms with Crippen LogP contribution in [0, 0.1) is 13.8 Å². The molecule has 5 heterocycles. The maximum atomic E-state index is 12.8. The first-order chi connectivity index (χ1) is 31.8. The van der Waals surface area contributed by atoms with Crippen LogP contribution in [-0.2, 0) is 28.6 Å². The van der Waals surface area contributed by atoms with Crippen LogP contribution in [0.3, 0.4) is 0 Å². The Hall–Kier alpha value is -9.10. The molecule has 0 radical (unpaired) electrons. The van der Waals surface area contributed by atoms with E-state index < -0.39 is 55.6 Å². The molecular formula is C35H29N17O13S2. The molecule has 0 amide bonds. The van der Waals surface area contributed by atoms with Gasteiger partial charge in [0.2, 0.25) is 0 Å². The van der Waals surface area contributed by atoms with Crippen molar-refractivity contribution in [2.75, 3.05) is 24.8 Å². The lowest BCUT2D eigenvalue weighted by Crippen LogP contribution is -2.13. The summed E-state index contributed by atoms with van der Waals surface area (Å²) in [6, 6.07) is 8.10. The number of benzene rings is 2. The van der Waals surface area contributed by atoms with E-state index >= 15 is 0 Å². The number of nitrogen functional groups attached to an aromatic ring is 2. The van der Waals surface area contributed by atoms with E-state index in [2.05, 4.69) is 55.8 Å². The van der Waals surface area contributed by atoms with Crippen molar-refractivity contribution in [3.63, 3.8) is 0 Å². The van der Waals surface area contributed by atoms with E-state index in [9.17, 15) is 43.2 Å². The number of carboxylic acid groups (broad SMARTS) is 3. The fourth-order valence-corrected chi connectivity index (χ4v) is 6.84. The highest BCUT2D eigenvalue weighted by atomic mass is 32.2. The van der Waals surface area contributed by atoms with Crippen LogP contribution in [0.2, 0.25) is 0 Å². The van der Waals surface area contributed by atoms with E-state index in [0.29, 0.717) is 10.6 Å². The minimum Gasteiger partial charge on any atom is -0.479 e. The van der Waals surface area contributed by atoms with Crippen LogP contribution in [0.5, 0.6) is 6.01 Å². The summed E-state index contributed by atoms with van der Waals surface area (Å²) in [5.41, 5.74) is 12.4. The Morgan fingerprint density at radius 2 is 1.21 bits per heavy atom. The van der Waals surface area contributed by atoms with Gasteiger partial charge < -0.3 is 31.9 Å². The molecule has 0 aliphatic rings. The molecule has 0 aliphatic heterocycles. The first-order valence-electron chi connectivity index (χ1n) is 18.0. The van der Waals surface area contributed by atoms with Gasteiger partial charge in [-0.15, -0.1) is 20.5 Å². The van der Waals surface area contributed by atoms with Crippen LogP contribution in [0.1, 0.15) is 42.5 Å². The van der Waals surface area contributed by atoms with Crippen LogP contribution in [0.25, 0.3) is 23.3 Å². The predicted octanol–water partition coefficient (Wildman–Crippen LogP) is 3.43. The minimum atomic E-state index is -4.06. The summed E-state index contributed by atoms with van der Waals surface area (Å²) in [4.78, 5) is 68.2. The molecule has 0 saturated heterocycles. The van der Waals surface area contributed by atoms with E-state index in [4.69, 9.17) is 30.3 Å². The van der Waals surface area contributed by atoms with Crippen LogP contribution >= 0.6 is 12.0 Å². The molecule has 8 N–H and O–H groups in total. The topological polar surface area (TPSA) is 430 Å². The van der Waals surface area contributed by atoms with Crippen molar-refractivity contribution in [1.82, 2.24) is 54.1 Å². The minimum absolute atomic E-state index is 0.0135. The lowest BCUT2D eigenvalue weighted by Gasteiger charge is -2.08. The van der Waals surface area contributed by atoms with Gasteiger partial charge in [0.05, 0.1) is 71.0 Å². The van der Waals surface area contributed by atoms with Gasteiger partial charge in [-0.1, -0.05) is 6.07 Å². The zero-order valence-electron chi connectivity index (χ0n) is 34.3. The zero-order valence-corrected chi connectivity index (χ0v) is 36.0. The Morgan fingerprint density at radius 3 is 1.72 bits per heavy atom. The third-order valence-corrected chi connectivity index (χ3v) is 10.4. The molecule has 5 aromatic heterocycles. The fraction of sp³-hybridized carbons (Fsp3) is 0.114. The largest absolute Gasteiger partial charge is 0.479 e. The highest BCUT2D eigenvalue weighted by Gasteiger charge is 2.25. The van der Waals surface area contributed by atoms with Crippen LogP contribution < -0.4 is 11.5 Å². The first kappa shape index (κ1) is 47.4. The van der Waals surface area contributed by atoms with Crippen LogP contribution in [-0.4, -0.2) is 120 Å². The third-order valence-electron chi connectivity index (χ3n) is 8.60. The van der Waals surface area contributed by atoms with Crippen LogP contribution in [0.4, 0.5) is 34.6 Å². The number of carbonyl (C=O) groups is 3. The third kappa shape index (κ3) is 10.0. The standard InChI is InChI=1S/C34H29N17O11S2.CO2/c1-14-23(42-44-27-21(63-62-61-3)12-37-48(27)19-7-5-6-16(9-19)29(52)53)25(35)50(46-14)32-39-33(41-34(58)40-32)51-26(36)24(15(2)47-51)43-45-28-22(64(4,59)60)13-38-49(28)20-10-17(30(54)55)8-18(11-20)31(56)57;2-1-3/h5-13H,35-36H2,1-4H3,(H,52,53)(H,54,55)(H,56,57)(H,39,40,41,58);. The average Bonchev–Trinajstić information content (AvgIpc) is 4.04. The molecule has 67 heavy (non-hydrogen) atoms. The summed E-state index contributed by atoms with van der Waals surface area (Å²) >= 11 is 0.752. The number of nitrogens with zero attached hydrogens (tertiary/aromatic N) is 15. The normalized spacial score (nSPS) is 11.5. The van der Waals surface area contributed by atoms with Gasteiger partial charge in [0, 0.05) is 6.26 Å². The fourth-order valence-electron chi connectivity index (χ4n) is 5.71. The van der Waals surface area contributed by atoms with Gasteiger partial charge in [-0.05, 0) is 50.2 Å². The molecule has 0 bridgehead atoms. The quantitative estimate of drug-likeness (QED) is 0.0371. The number of carbonyl (C=O) groups excluding carboxylic acids is 2. The van der Waals surface area contributed by atoms with Crippen molar-refractivity contribution in [2.45, 2.75) is 23.6 Å².